The van der Waals surface area contributed by atoms with Crippen molar-refractivity contribution in [3.8, 4) is 6.07 Å². The Morgan fingerprint density at radius 2 is 2.06 bits per heavy atom. The van der Waals surface area contributed by atoms with Gasteiger partial charge in [-0.05, 0) is 12.1 Å². The monoisotopic (exact) mass is 246 g/mol. The molecule has 0 aromatic heterocycles. The first-order valence-corrected chi connectivity index (χ1v) is 5.77. The van der Waals surface area contributed by atoms with E-state index in [1.807, 2.05) is 4.72 Å². The van der Waals surface area contributed by atoms with Crippen LogP contribution in [0.25, 0.3) is 0 Å². The molecule has 0 bridgehead atoms. The van der Waals surface area contributed by atoms with E-state index in [4.69, 9.17) is 5.26 Å². The quantitative estimate of drug-likeness (QED) is 0.810. The Morgan fingerprint density at radius 1 is 1.38 bits per heavy atom. The van der Waals surface area contributed by atoms with Gasteiger partial charge in [-0.15, -0.1) is 0 Å². The van der Waals surface area contributed by atoms with E-state index in [0.29, 0.717) is 6.07 Å². The molecular formula is C9H8F2N2O2S. The first-order chi connectivity index (χ1) is 7.47. The van der Waals surface area contributed by atoms with Crippen LogP contribution < -0.4 is 4.72 Å². The molecule has 1 aromatic rings. The van der Waals surface area contributed by atoms with E-state index in [1.165, 1.54) is 0 Å². The Morgan fingerprint density at radius 3 is 2.62 bits per heavy atom. The summed E-state index contributed by atoms with van der Waals surface area (Å²) in [7, 11) is -4.02. The van der Waals surface area contributed by atoms with Crippen molar-refractivity contribution in [3.05, 3.63) is 29.8 Å². The lowest BCUT2D eigenvalue weighted by atomic mass is 10.3. The molecule has 0 radical (unpaired) electrons. The van der Waals surface area contributed by atoms with Gasteiger partial charge in [0.05, 0.1) is 6.07 Å². The number of nitriles is 1. The van der Waals surface area contributed by atoms with E-state index >= 15 is 0 Å². The number of benzene rings is 1. The summed E-state index contributed by atoms with van der Waals surface area (Å²) in [6.07, 6.45) is -0.0258. The lowest BCUT2D eigenvalue weighted by molar-refractivity contribution is 0.543. The molecule has 0 aliphatic carbocycles. The molecule has 0 unspecified atom stereocenters. The minimum Gasteiger partial charge on any atom is -0.210 e. The van der Waals surface area contributed by atoms with Crippen molar-refractivity contribution < 1.29 is 17.2 Å². The second-order valence-corrected chi connectivity index (χ2v) is 4.62. The molecule has 0 saturated heterocycles. The van der Waals surface area contributed by atoms with Crippen LogP contribution in [-0.2, 0) is 10.0 Å². The van der Waals surface area contributed by atoms with Crippen molar-refractivity contribution in [3.63, 3.8) is 0 Å². The molecule has 1 N–H and O–H groups in total. The molecule has 0 aliphatic rings. The van der Waals surface area contributed by atoms with Gasteiger partial charge in [-0.2, -0.15) is 5.26 Å². The van der Waals surface area contributed by atoms with Gasteiger partial charge in [-0.1, -0.05) is 0 Å². The van der Waals surface area contributed by atoms with Crippen molar-refractivity contribution in [2.75, 3.05) is 6.54 Å². The molecule has 16 heavy (non-hydrogen) atoms. The minimum atomic E-state index is -4.02. The summed E-state index contributed by atoms with van der Waals surface area (Å²) in [5, 5.41) is 8.22. The van der Waals surface area contributed by atoms with Gasteiger partial charge in [0.25, 0.3) is 0 Å². The zero-order valence-corrected chi connectivity index (χ0v) is 8.89. The molecule has 0 fully saturated rings. The molecule has 0 aliphatic heterocycles. The second-order valence-electron chi connectivity index (χ2n) is 2.88. The van der Waals surface area contributed by atoms with Crippen molar-refractivity contribution >= 4 is 10.0 Å². The smallest absolute Gasteiger partial charge is 0.210 e. The van der Waals surface area contributed by atoms with Gasteiger partial charge < -0.3 is 0 Å². The molecular weight excluding hydrogens is 238 g/mol. The fourth-order valence-electron chi connectivity index (χ4n) is 1.01. The summed E-state index contributed by atoms with van der Waals surface area (Å²) in [4.78, 5) is -0.633. The number of sulfonamides is 1. The summed E-state index contributed by atoms with van der Waals surface area (Å²) >= 11 is 0. The number of nitrogens with zero attached hydrogens (tertiary/aromatic N) is 1. The molecule has 7 heteroatoms. The molecule has 86 valence electrons. The number of nitrogens with one attached hydrogen (secondary N) is 1. The SMILES string of the molecule is N#CCCNS(=O)(=O)c1ccc(F)cc1F. The first-order valence-electron chi connectivity index (χ1n) is 4.29. The highest BCUT2D eigenvalue weighted by Crippen LogP contribution is 2.14. The topological polar surface area (TPSA) is 70.0 Å². The fraction of sp³-hybridized carbons (Fsp3) is 0.222. The molecule has 1 rings (SSSR count). The maximum absolute atomic E-state index is 13.1. The normalized spacial score (nSPS) is 11.1. The molecule has 4 nitrogen and oxygen atoms in total. The Balaban J connectivity index is 2.95. The molecule has 0 spiro atoms. The van der Waals surface area contributed by atoms with Crippen molar-refractivity contribution in [1.82, 2.24) is 4.72 Å². The van der Waals surface area contributed by atoms with Crippen LogP contribution in [0, 0.1) is 23.0 Å². The van der Waals surface area contributed by atoms with Crippen molar-refractivity contribution in [1.29, 1.82) is 5.26 Å². The number of halogens is 2. The standard InChI is InChI=1S/C9H8F2N2O2S/c10-7-2-3-9(8(11)6-7)16(14,15)13-5-1-4-12/h2-3,6,13H,1,5H2. The van der Waals surface area contributed by atoms with Crippen LogP contribution in [0.2, 0.25) is 0 Å². The van der Waals surface area contributed by atoms with E-state index in [2.05, 4.69) is 0 Å². The Hall–Kier alpha value is -1.52. The number of rotatable bonds is 4. The molecule has 0 amide bonds. The van der Waals surface area contributed by atoms with Gasteiger partial charge in [-0.3, -0.25) is 0 Å². The van der Waals surface area contributed by atoms with Gasteiger partial charge in [0.15, 0.2) is 0 Å². The van der Waals surface area contributed by atoms with Gasteiger partial charge in [-0.25, -0.2) is 21.9 Å². The molecule has 0 atom stereocenters. The summed E-state index contributed by atoms with van der Waals surface area (Å²) in [5.41, 5.74) is 0. The summed E-state index contributed by atoms with van der Waals surface area (Å²) in [5.74, 6) is -2.02. The third-order valence-corrected chi connectivity index (χ3v) is 3.21. The van der Waals surface area contributed by atoms with E-state index < -0.39 is 26.6 Å². The predicted octanol–water partition coefficient (Wildman–Crippen LogP) is 1.16. The van der Waals surface area contributed by atoms with Crippen LogP contribution in [-0.4, -0.2) is 15.0 Å². The number of hydrogen-bond donors (Lipinski definition) is 1. The largest absolute Gasteiger partial charge is 0.243 e. The van der Waals surface area contributed by atoms with E-state index in [-0.39, 0.29) is 13.0 Å². The highest BCUT2D eigenvalue weighted by atomic mass is 32.2. The van der Waals surface area contributed by atoms with Gasteiger partial charge >= 0.3 is 0 Å². The van der Waals surface area contributed by atoms with E-state index in [9.17, 15) is 17.2 Å². The summed E-state index contributed by atoms with van der Waals surface area (Å²) < 4.78 is 50.6. The van der Waals surface area contributed by atoms with Gasteiger partial charge in [0, 0.05) is 19.0 Å². The fourth-order valence-corrected chi connectivity index (χ4v) is 2.10. The van der Waals surface area contributed by atoms with Crippen LogP contribution in [0.3, 0.4) is 0 Å². The van der Waals surface area contributed by atoms with Crippen LogP contribution in [0.5, 0.6) is 0 Å². The predicted molar refractivity (Wildman–Crippen MR) is 51.8 cm³/mol. The Kier molecular flexibility index (Phi) is 3.93. The van der Waals surface area contributed by atoms with Gasteiger partial charge in [0.1, 0.15) is 16.5 Å². The van der Waals surface area contributed by atoms with Crippen molar-refractivity contribution in [2.24, 2.45) is 0 Å². The van der Waals surface area contributed by atoms with Gasteiger partial charge in [0.2, 0.25) is 10.0 Å². The number of hydrogen-bond acceptors (Lipinski definition) is 3. The third-order valence-electron chi connectivity index (χ3n) is 1.71. The summed E-state index contributed by atoms with van der Waals surface area (Å²) in [6.45, 7) is -0.115. The first kappa shape index (κ1) is 12.5. The highest BCUT2D eigenvalue weighted by Gasteiger charge is 2.18. The van der Waals surface area contributed by atoms with Crippen LogP contribution in [0.4, 0.5) is 8.78 Å². The van der Waals surface area contributed by atoms with Crippen LogP contribution in [0.15, 0.2) is 23.1 Å². The zero-order chi connectivity index (χ0) is 12.2. The maximum Gasteiger partial charge on any atom is 0.243 e. The molecule has 0 saturated carbocycles. The van der Waals surface area contributed by atoms with Crippen LogP contribution in [0.1, 0.15) is 6.42 Å². The molecule has 0 heterocycles. The second kappa shape index (κ2) is 5.01. The Bertz CT molecular complexity index is 523. The lowest BCUT2D eigenvalue weighted by Gasteiger charge is -2.05. The molecule has 1 aromatic carbocycles. The zero-order valence-electron chi connectivity index (χ0n) is 8.07. The van der Waals surface area contributed by atoms with E-state index in [1.54, 1.807) is 6.07 Å². The highest BCUT2D eigenvalue weighted by molar-refractivity contribution is 7.89. The third kappa shape index (κ3) is 2.98. The van der Waals surface area contributed by atoms with Crippen molar-refractivity contribution in [2.45, 2.75) is 11.3 Å². The Labute approximate surface area is 91.6 Å². The summed E-state index contributed by atoms with van der Waals surface area (Å²) in [6, 6.07) is 3.90. The lowest BCUT2D eigenvalue weighted by Crippen LogP contribution is -2.25. The minimum absolute atomic E-state index is 0.0258. The van der Waals surface area contributed by atoms with Crippen LogP contribution >= 0.6 is 0 Å². The average Bonchev–Trinajstić information content (AvgIpc) is 2.17. The maximum atomic E-state index is 13.1. The van der Waals surface area contributed by atoms with E-state index in [0.717, 1.165) is 12.1 Å². The average molecular weight is 246 g/mol.